The van der Waals surface area contributed by atoms with Crippen molar-refractivity contribution in [1.29, 1.82) is 0 Å². The second-order valence-corrected chi connectivity index (χ2v) is 7.45. The maximum Gasteiger partial charge on any atom is 0.407 e. The Kier molecular flexibility index (Phi) is 4.79. The van der Waals surface area contributed by atoms with Crippen LogP contribution in [0.5, 0.6) is 0 Å². The standard InChI is InChI=1S/C20H17N3O4S/c1-11(17-22-23-18(28-17)19(24)25)21-20(26)27-10-16-14-8-4-2-6-12(14)13-7-3-5-9-15(13)16/h2-9,11,16H,10H2,1H3,(H,21,26)(H,24,25). The minimum Gasteiger partial charge on any atom is -0.476 e. The summed E-state index contributed by atoms with van der Waals surface area (Å²) in [5, 5.41) is 19.3. The van der Waals surface area contributed by atoms with Gasteiger partial charge in [0.1, 0.15) is 11.6 Å². The van der Waals surface area contributed by atoms with E-state index in [-0.39, 0.29) is 17.5 Å². The number of amides is 1. The van der Waals surface area contributed by atoms with Crippen LogP contribution in [0.4, 0.5) is 4.79 Å². The fraction of sp³-hybridized carbons (Fsp3) is 0.200. The van der Waals surface area contributed by atoms with Crippen molar-refractivity contribution in [3.05, 3.63) is 69.7 Å². The summed E-state index contributed by atoms with van der Waals surface area (Å²) in [6.07, 6.45) is -0.582. The fourth-order valence-electron chi connectivity index (χ4n) is 3.37. The summed E-state index contributed by atoms with van der Waals surface area (Å²) >= 11 is 0.924. The van der Waals surface area contributed by atoms with Gasteiger partial charge in [0, 0.05) is 5.92 Å². The molecular formula is C20H17N3O4S. The summed E-state index contributed by atoms with van der Waals surface area (Å²) in [7, 11) is 0. The highest BCUT2D eigenvalue weighted by Gasteiger charge is 2.29. The van der Waals surface area contributed by atoms with E-state index in [9.17, 15) is 9.59 Å². The van der Waals surface area contributed by atoms with E-state index in [2.05, 4.69) is 39.8 Å². The zero-order valence-corrected chi connectivity index (χ0v) is 15.8. The fourth-order valence-corrected chi connectivity index (χ4v) is 4.06. The number of carboxylic acids is 1. The average molecular weight is 395 g/mol. The molecule has 0 aliphatic heterocycles. The highest BCUT2D eigenvalue weighted by molar-refractivity contribution is 7.13. The summed E-state index contributed by atoms with van der Waals surface area (Å²) in [5.41, 5.74) is 4.60. The van der Waals surface area contributed by atoms with E-state index in [4.69, 9.17) is 9.84 Å². The highest BCUT2D eigenvalue weighted by atomic mass is 32.1. The van der Waals surface area contributed by atoms with E-state index in [0.29, 0.717) is 5.01 Å². The number of nitrogens with zero attached hydrogens (tertiary/aromatic N) is 2. The Balaban J connectivity index is 1.43. The molecule has 1 amide bonds. The van der Waals surface area contributed by atoms with Crippen molar-refractivity contribution in [3.8, 4) is 11.1 Å². The Hall–Kier alpha value is -3.26. The van der Waals surface area contributed by atoms with Gasteiger partial charge in [-0.3, -0.25) is 0 Å². The van der Waals surface area contributed by atoms with Crippen LogP contribution in [0.1, 0.15) is 44.8 Å². The zero-order valence-electron chi connectivity index (χ0n) is 15.0. The Labute approximate surface area is 165 Å². The third-order valence-corrected chi connectivity index (χ3v) is 5.77. The summed E-state index contributed by atoms with van der Waals surface area (Å²) < 4.78 is 5.48. The lowest BCUT2D eigenvalue weighted by Gasteiger charge is -2.16. The molecule has 0 spiro atoms. The topological polar surface area (TPSA) is 101 Å². The van der Waals surface area contributed by atoms with Gasteiger partial charge in [-0.1, -0.05) is 59.9 Å². The van der Waals surface area contributed by atoms with E-state index in [0.717, 1.165) is 33.6 Å². The molecule has 0 bridgehead atoms. The first kappa shape index (κ1) is 18.1. The molecule has 4 rings (SSSR count). The molecule has 1 atom stereocenters. The Morgan fingerprint density at radius 2 is 1.71 bits per heavy atom. The van der Waals surface area contributed by atoms with Gasteiger partial charge in [-0.05, 0) is 29.2 Å². The third-order valence-electron chi connectivity index (χ3n) is 4.67. The van der Waals surface area contributed by atoms with Crippen molar-refractivity contribution < 1.29 is 19.4 Å². The molecular weight excluding hydrogens is 378 g/mol. The molecule has 1 aromatic heterocycles. The van der Waals surface area contributed by atoms with Crippen LogP contribution in [0.15, 0.2) is 48.5 Å². The molecule has 7 nitrogen and oxygen atoms in total. The molecule has 28 heavy (non-hydrogen) atoms. The zero-order chi connectivity index (χ0) is 19.7. The van der Waals surface area contributed by atoms with Crippen molar-refractivity contribution >= 4 is 23.4 Å². The summed E-state index contributed by atoms with van der Waals surface area (Å²) in [6, 6.07) is 15.7. The van der Waals surface area contributed by atoms with Crippen LogP contribution in [-0.4, -0.2) is 34.0 Å². The van der Waals surface area contributed by atoms with Gasteiger partial charge in [0.25, 0.3) is 0 Å². The Bertz CT molecular complexity index is 1000. The van der Waals surface area contributed by atoms with Crippen molar-refractivity contribution in [2.45, 2.75) is 18.9 Å². The van der Waals surface area contributed by atoms with Gasteiger partial charge in [-0.25, -0.2) is 9.59 Å². The summed E-state index contributed by atoms with van der Waals surface area (Å²) in [6.45, 7) is 1.91. The molecule has 0 saturated heterocycles. The molecule has 0 fully saturated rings. The molecule has 3 aromatic rings. The maximum absolute atomic E-state index is 12.3. The number of aromatic nitrogens is 2. The molecule has 1 unspecified atom stereocenters. The molecule has 1 aliphatic carbocycles. The second-order valence-electron chi connectivity index (χ2n) is 6.44. The molecule has 2 N–H and O–H groups in total. The smallest absolute Gasteiger partial charge is 0.407 e. The lowest BCUT2D eigenvalue weighted by Crippen LogP contribution is -2.28. The molecule has 1 heterocycles. The van der Waals surface area contributed by atoms with Crippen molar-refractivity contribution in [1.82, 2.24) is 15.5 Å². The van der Waals surface area contributed by atoms with Crippen LogP contribution in [0.3, 0.4) is 0 Å². The van der Waals surface area contributed by atoms with Crippen LogP contribution < -0.4 is 5.32 Å². The van der Waals surface area contributed by atoms with E-state index >= 15 is 0 Å². The van der Waals surface area contributed by atoms with Crippen molar-refractivity contribution in [2.75, 3.05) is 6.61 Å². The first-order chi connectivity index (χ1) is 13.5. The molecule has 2 aromatic carbocycles. The first-order valence-corrected chi connectivity index (χ1v) is 9.54. The monoisotopic (exact) mass is 395 g/mol. The number of carboxylic acid groups (broad SMARTS) is 1. The number of alkyl carbamates (subject to hydrolysis) is 1. The third kappa shape index (κ3) is 3.34. The maximum atomic E-state index is 12.3. The van der Waals surface area contributed by atoms with Crippen molar-refractivity contribution in [3.63, 3.8) is 0 Å². The van der Waals surface area contributed by atoms with Gasteiger partial charge in [0.2, 0.25) is 5.01 Å². The van der Waals surface area contributed by atoms with Crippen LogP contribution in [0.2, 0.25) is 0 Å². The van der Waals surface area contributed by atoms with E-state index in [1.807, 2.05) is 24.3 Å². The number of carbonyl (C=O) groups is 2. The lowest BCUT2D eigenvalue weighted by molar-refractivity contribution is 0.0695. The van der Waals surface area contributed by atoms with E-state index < -0.39 is 18.1 Å². The van der Waals surface area contributed by atoms with Crippen LogP contribution in [-0.2, 0) is 4.74 Å². The molecule has 0 radical (unpaired) electrons. The minimum absolute atomic E-state index is 0.0198. The lowest BCUT2D eigenvalue weighted by atomic mass is 9.98. The van der Waals surface area contributed by atoms with Crippen LogP contribution in [0.25, 0.3) is 11.1 Å². The summed E-state index contributed by atoms with van der Waals surface area (Å²) in [5.74, 6) is -1.16. The minimum atomic E-state index is -1.14. The number of carbonyl (C=O) groups excluding carboxylic acids is 1. The van der Waals surface area contributed by atoms with E-state index in [1.165, 1.54) is 0 Å². The number of ether oxygens (including phenoxy) is 1. The van der Waals surface area contributed by atoms with Crippen LogP contribution >= 0.6 is 11.3 Å². The predicted molar refractivity (Wildman–Crippen MR) is 103 cm³/mol. The highest BCUT2D eigenvalue weighted by Crippen LogP contribution is 2.44. The predicted octanol–water partition coefficient (Wildman–Crippen LogP) is 3.84. The molecule has 8 heteroatoms. The summed E-state index contributed by atoms with van der Waals surface area (Å²) in [4.78, 5) is 23.2. The Morgan fingerprint density at radius 1 is 1.11 bits per heavy atom. The number of aromatic carboxylic acids is 1. The number of nitrogens with one attached hydrogen (secondary N) is 1. The van der Waals surface area contributed by atoms with Gasteiger partial charge < -0.3 is 15.2 Å². The van der Waals surface area contributed by atoms with Gasteiger partial charge >= 0.3 is 12.1 Å². The Morgan fingerprint density at radius 3 is 2.29 bits per heavy atom. The number of hydrogen-bond acceptors (Lipinski definition) is 6. The van der Waals surface area contributed by atoms with E-state index in [1.54, 1.807) is 6.92 Å². The van der Waals surface area contributed by atoms with Gasteiger partial charge in [-0.15, -0.1) is 10.2 Å². The first-order valence-electron chi connectivity index (χ1n) is 8.73. The number of hydrogen-bond donors (Lipinski definition) is 2. The van der Waals surface area contributed by atoms with Gasteiger partial charge in [0.05, 0.1) is 6.04 Å². The second kappa shape index (κ2) is 7.40. The van der Waals surface area contributed by atoms with Gasteiger partial charge in [0.15, 0.2) is 0 Å². The largest absolute Gasteiger partial charge is 0.476 e. The molecule has 142 valence electrons. The molecule has 0 saturated carbocycles. The van der Waals surface area contributed by atoms with Crippen LogP contribution in [0, 0.1) is 0 Å². The number of fused-ring (bicyclic) bond motifs is 3. The SMILES string of the molecule is CC(NC(=O)OCC1c2ccccc2-c2ccccc21)c1nnc(C(=O)O)s1. The number of rotatable bonds is 5. The van der Waals surface area contributed by atoms with Crippen molar-refractivity contribution in [2.24, 2.45) is 0 Å². The normalized spacial score (nSPS) is 13.5. The molecule has 1 aliphatic rings. The number of benzene rings is 2. The van der Waals surface area contributed by atoms with Gasteiger partial charge in [-0.2, -0.15) is 0 Å². The quantitative estimate of drug-likeness (QED) is 0.681. The average Bonchev–Trinajstić information content (AvgIpc) is 3.30.